The molecule has 0 spiro atoms. The van der Waals surface area contributed by atoms with E-state index in [9.17, 15) is 26.4 Å². The Bertz CT molecular complexity index is 908. The summed E-state index contributed by atoms with van der Waals surface area (Å²) in [6, 6.07) is 8.03. The van der Waals surface area contributed by atoms with Crippen molar-refractivity contribution in [1.29, 1.82) is 0 Å². The SMILES string of the molecule is CC(=O)Nc1ccc(C)c(S(=O)(=O)Oc2ccccc2C(F)(F)F)c1. The predicted octanol–water partition coefficient (Wildman–Crippen LogP) is 3.74. The first-order chi connectivity index (χ1) is 11.5. The van der Waals surface area contributed by atoms with Crippen LogP contribution in [0.4, 0.5) is 18.9 Å². The van der Waals surface area contributed by atoms with Crippen molar-refractivity contribution in [2.45, 2.75) is 24.9 Å². The van der Waals surface area contributed by atoms with E-state index in [1.165, 1.54) is 32.0 Å². The maximum absolute atomic E-state index is 13.0. The van der Waals surface area contributed by atoms with Crippen LogP contribution in [-0.2, 0) is 21.1 Å². The van der Waals surface area contributed by atoms with Crippen molar-refractivity contribution >= 4 is 21.7 Å². The zero-order chi connectivity index (χ0) is 18.8. The molecule has 0 bridgehead atoms. The summed E-state index contributed by atoms with van der Waals surface area (Å²) in [5.74, 6) is -1.24. The number of para-hydroxylation sites is 1. The summed E-state index contributed by atoms with van der Waals surface area (Å²) in [7, 11) is -4.54. The minimum atomic E-state index is -4.76. The molecule has 2 rings (SSSR count). The Morgan fingerprint density at radius 3 is 2.36 bits per heavy atom. The second-order valence-electron chi connectivity index (χ2n) is 5.19. The Balaban J connectivity index is 2.46. The Morgan fingerprint density at radius 1 is 1.12 bits per heavy atom. The smallest absolute Gasteiger partial charge is 0.378 e. The second-order valence-corrected chi connectivity index (χ2v) is 6.71. The number of halogens is 3. The molecule has 0 radical (unpaired) electrons. The summed E-state index contributed by atoms with van der Waals surface area (Å²) >= 11 is 0. The average Bonchev–Trinajstić information content (AvgIpc) is 2.47. The first-order valence-electron chi connectivity index (χ1n) is 6.99. The molecule has 1 N–H and O–H groups in total. The van der Waals surface area contributed by atoms with Crippen molar-refractivity contribution in [2.24, 2.45) is 0 Å². The lowest BCUT2D eigenvalue weighted by Crippen LogP contribution is -2.16. The second kappa shape index (κ2) is 6.75. The van der Waals surface area contributed by atoms with E-state index in [0.29, 0.717) is 0 Å². The van der Waals surface area contributed by atoms with Gasteiger partial charge in [0.05, 0.1) is 5.56 Å². The van der Waals surface area contributed by atoms with Crippen LogP contribution >= 0.6 is 0 Å². The fourth-order valence-corrected chi connectivity index (χ4v) is 3.29. The topological polar surface area (TPSA) is 72.5 Å². The molecule has 0 atom stereocenters. The van der Waals surface area contributed by atoms with E-state index in [2.05, 4.69) is 5.32 Å². The third-order valence-corrected chi connectivity index (χ3v) is 4.55. The molecule has 0 aliphatic heterocycles. The Morgan fingerprint density at radius 2 is 1.76 bits per heavy atom. The first kappa shape index (κ1) is 18.8. The van der Waals surface area contributed by atoms with E-state index in [-0.39, 0.29) is 16.1 Å². The number of rotatable bonds is 4. The number of nitrogens with one attached hydrogen (secondary N) is 1. The third kappa shape index (κ3) is 4.50. The monoisotopic (exact) mass is 373 g/mol. The molecule has 0 unspecified atom stereocenters. The molecular formula is C16H14F3NO4S. The molecule has 5 nitrogen and oxygen atoms in total. The molecular weight excluding hydrogens is 359 g/mol. The molecule has 25 heavy (non-hydrogen) atoms. The number of hydrogen-bond acceptors (Lipinski definition) is 4. The fraction of sp³-hybridized carbons (Fsp3) is 0.188. The van der Waals surface area contributed by atoms with Crippen LogP contribution in [-0.4, -0.2) is 14.3 Å². The van der Waals surface area contributed by atoms with Crippen molar-refractivity contribution in [2.75, 3.05) is 5.32 Å². The lowest BCUT2D eigenvalue weighted by Gasteiger charge is -2.15. The minimum absolute atomic E-state index is 0.185. The molecule has 134 valence electrons. The average molecular weight is 373 g/mol. The van der Waals surface area contributed by atoms with Crippen LogP contribution in [0.25, 0.3) is 0 Å². The Hall–Kier alpha value is -2.55. The molecule has 2 aromatic rings. The van der Waals surface area contributed by atoms with Crippen LogP contribution in [0.3, 0.4) is 0 Å². The number of hydrogen-bond donors (Lipinski definition) is 1. The van der Waals surface area contributed by atoms with Crippen molar-refractivity contribution in [1.82, 2.24) is 0 Å². The van der Waals surface area contributed by atoms with Gasteiger partial charge in [-0.15, -0.1) is 0 Å². The largest absolute Gasteiger partial charge is 0.420 e. The maximum Gasteiger partial charge on any atom is 0.420 e. The van der Waals surface area contributed by atoms with Gasteiger partial charge in [-0.1, -0.05) is 18.2 Å². The highest BCUT2D eigenvalue weighted by atomic mass is 32.2. The van der Waals surface area contributed by atoms with Gasteiger partial charge in [-0.05, 0) is 36.8 Å². The number of alkyl halides is 3. The summed E-state index contributed by atoms with van der Waals surface area (Å²) in [4.78, 5) is 10.8. The van der Waals surface area contributed by atoms with Crippen LogP contribution in [0.5, 0.6) is 5.75 Å². The van der Waals surface area contributed by atoms with Gasteiger partial charge >= 0.3 is 16.3 Å². The molecule has 0 aliphatic carbocycles. The van der Waals surface area contributed by atoms with Gasteiger partial charge in [-0.3, -0.25) is 4.79 Å². The highest BCUT2D eigenvalue weighted by Gasteiger charge is 2.35. The van der Waals surface area contributed by atoms with E-state index < -0.39 is 33.5 Å². The number of anilines is 1. The lowest BCUT2D eigenvalue weighted by molar-refractivity contribution is -0.138. The van der Waals surface area contributed by atoms with Gasteiger partial charge in [-0.2, -0.15) is 21.6 Å². The number of carbonyl (C=O) groups excluding carboxylic acids is 1. The summed E-state index contributed by atoms with van der Waals surface area (Å²) in [5.41, 5.74) is -0.753. The molecule has 9 heteroatoms. The van der Waals surface area contributed by atoms with Crippen LogP contribution in [0.1, 0.15) is 18.1 Å². The van der Waals surface area contributed by atoms with Crippen LogP contribution < -0.4 is 9.50 Å². The summed E-state index contributed by atoms with van der Waals surface area (Å²) in [5, 5.41) is 2.41. The Kier molecular flexibility index (Phi) is 5.07. The minimum Gasteiger partial charge on any atom is -0.378 e. The van der Waals surface area contributed by atoms with Gasteiger partial charge in [0.15, 0.2) is 5.75 Å². The van der Waals surface area contributed by atoms with Gasteiger partial charge in [0.25, 0.3) is 0 Å². The third-order valence-electron chi connectivity index (χ3n) is 3.17. The predicted molar refractivity (Wildman–Crippen MR) is 84.7 cm³/mol. The van der Waals surface area contributed by atoms with Crippen LogP contribution in [0.2, 0.25) is 0 Å². The summed E-state index contributed by atoms with van der Waals surface area (Å²) < 4.78 is 68.6. The zero-order valence-electron chi connectivity index (χ0n) is 13.2. The highest BCUT2D eigenvalue weighted by Crippen LogP contribution is 2.37. The normalized spacial score (nSPS) is 11.9. The maximum atomic E-state index is 13.0. The summed E-state index contributed by atoms with van der Waals surface area (Å²) in [6.07, 6.45) is -4.76. The number of aryl methyl sites for hydroxylation is 1. The van der Waals surface area contributed by atoms with E-state index in [1.54, 1.807) is 0 Å². The molecule has 0 aromatic heterocycles. The van der Waals surface area contributed by atoms with E-state index in [0.717, 1.165) is 24.3 Å². The molecule has 0 heterocycles. The quantitative estimate of drug-likeness (QED) is 0.829. The lowest BCUT2D eigenvalue weighted by atomic mass is 10.2. The van der Waals surface area contributed by atoms with Crippen LogP contribution in [0, 0.1) is 6.92 Å². The molecule has 0 fully saturated rings. The number of carbonyl (C=O) groups is 1. The zero-order valence-corrected chi connectivity index (χ0v) is 14.0. The molecule has 0 saturated carbocycles. The standard InChI is InChI=1S/C16H14F3NO4S/c1-10-7-8-12(20-11(2)21)9-15(10)25(22,23)24-14-6-4-3-5-13(14)16(17,18)19/h3-9H,1-2H3,(H,20,21). The molecule has 0 saturated heterocycles. The van der Waals surface area contributed by atoms with Crippen molar-refractivity contribution in [3.63, 3.8) is 0 Å². The van der Waals surface area contributed by atoms with Crippen molar-refractivity contribution < 1.29 is 30.6 Å². The number of amides is 1. The van der Waals surface area contributed by atoms with Gasteiger partial charge in [0, 0.05) is 12.6 Å². The molecule has 1 amide bonds. The van der Waals surface area contributed by atoms with E-state index in [4.69, 9.17) is 4.18 Å². The van der Waals surface area contributed by atoms with Gasteiger partial charge in [0.2, 0.25) is 5.91 Å². The van der Waals surface area contributed by atoms with E-state index in [1.807, 2.05) is 0 Å². The van der Waals surface area contributed by atoms with Gasteiger partial charge in [-0.25, -0.2) is 0 Å². The summed E-state index contributed by atoms with van der Waals surface area (Å²) in [6.45, 7) is 2.70. The Labute approximate surface area is 142 Å². The highest BCUT2D eigenvalue weighted by molar-refractivity contribution is 7.87. The van der Waals surface area contributed by atoms with Gasteiger partial charge < -0.3 is 9.50 Å². The fourth-order valence-electron chi connectivity index (χ4n) is 2.09. The van der Waals surface area contributed by atoms with Crippen molar-refractivity contribution in [3.8, 4) is 5.75 Å². The molecule has 2 aromatic carbocycles. The van der Waals surface area contributed by atoms with E-state index >= 15 is 0 Å². The van der Waals surface area contributed by atoms with Crippen LogP contribution in [0.15, 0.2) is 47.4 Å². The van der Waals surface area contributed by atoms with Gasteiger partial charge in [0.1, 0.15) is 4.90 Å². The number of benzene rings is 2. The van der Waals surface area contributed by atoms with Crippen molar-refractivity contribution in [3.05, 3.63) is 53.6 Å². The molecule has 0 aliphatic rings. The first-order valence-corrected chi connectivity index (χ1v) is 8.40.